The zero-order chi connectivity index (χ0) is 11.5. The Morgan fingerprint density at radius 3 is 2.94 bits per heavy atom. The van der Waals surface area contributed by atoms with Gasteiger partial charge in [0.15, 0.2) is 0 Å². The maximum atomic E-state index is 9.88. The van der Waals surface area contributed by atoms with Crippen molar-refractivity contribution in [2.75, 3.05) is 6.61 Å². The molecule has 0 amide bonds. The normalized spacial score (nSPS) is 18.6. The van der Waals surface area contributed by atoms with Gasteiger partial charge >= 0.3 is 0 Å². The van der Waals surface area contributed by atoms with E-state index in [0.29, 0.717) is 6.61 Å². The van der Waals surface area contributed by atoms with E-state index in [1.165, 1.54) is 0 Å². The van der Waals surface area contributed by atoms with Crippen LogP contribution in [0.25, 0.3) is 0 Å². The Morgan fingerprint density at radius 2 is 2.25 bits per heavy atom. The summed E-state index contributed by atoms with van der Waals surface area (Å²) >= 11 is 0. The molecule has 2 rings (SSSR count). The quantitative estimate of drug-likeness (QED) is 0.818. The summed E-state index contributed by atoms with van der Waals surface area (Å²) in [5.41, 5.74) is 2.78. The van der Waals surface area contributed by atoms with Gasteiger partial charge in [-0.1, -0.05) is 13.0 Å². The minimum Gasteiger partial charge on any atom is -0.493 e. The Balaban J connectivity index is 2.36. The smallest absolute Gasteiger partial charge is 0.122 e. The monoisotopic (exact) mass is 222 g/mol. The molecule has 0 bridgehead atoms. The van der Waals surface area contributed by atoms with Gasteiger partial charge in [0.05, 0.1) is 19.3 Å². The highest BCUT2D eigenvalue weighted by atomic mass is 16.5. The van der Waals surface area contributed by atoms with E-state index in [9.17, 15) is 10.2 Å². The second-order valence-electron chi connectivity index (χ2n) is 4.18. The van der Waals surface area contributed by atoms with Crippen molar-refractivity contribution in [3.63, 3.8) is 0 Å². The summed E-state index contributed by atoms with van der Waals surface area (Å²) in [6, 6.07) is 3.75. The number of hydrogen-bond acceptors (Lipinski definition) is 3. The molecule has 3 nitrogen and oxygen atoms in total. The van der Waals surface area contributed by atoms with Gasteiger partial charge in [0, 0.05) is 5.56 Å². The van der Waals surface area contributed by atoms with Gasteiger partial charge in [-0.15, -0.1) is 0 Å². The van der Waals surface area contributed by atoms with Crippen LogP contribution < -0.4 is 4.74 Å². The van der Waals surface area contributed by atoms with Crippen LogP contribution in [0.2, 0.25) is 0 Å². The molecular weight excluding hydrogens is 204 g/mol. The van der Waals surface area contributed by atoms with Crippen LogP contribution in [-0.2, 0) is 13.0 Å². The molecule has 1 aliphatic carbocycles. The third-order valence-electron chi connectivity index (χ3n) is 3.04. The van der Waals surface area contributed by atoms with Crippen molar-refractivity contribution in [1.29, 1.82) is 0 Å². The molecule has 0 spiro atoms. The van der Waals surface area contributed by atoms with E-state index in [2.05, 4.69) is 6.92 Å². The second kappa shape index (κ2) is 4.85. The highest BCUT2D eigenvalue weighted by Gasteiger charge is 2.26. The molecule has 1 atom stereocenters. The van der Waals surface area contributed by atoms with Crippen LogP contribution in [0.5, 0.6) is 5.75 Å². The highest BCUT2D eigenvalue weighted by Crippen LogP contribution is 2.39. The van der Waals surface area contributed by atoms with Crippen molar-refractivity contribution < 1.29 is 14.9 Å². The van der Waals surface area contributed by atoms with Gasteiger partial charge in [-0.25, -0.2) is 0 Å². The summed E-state index contributed by atoms with van der Waals surface area (Å²) < 4.78 is 5.65. The highest BCUT2D eigenvalue weighted by molar-refractivity contribution is 5.49. The average Bonchev–Trinajstić information content (AvgIpc) is 2.69. The first-order valence-corrected chi connectivity index (χ1v) is 5.84. The number of hydrogen-bond donors (Lipinski definition) is 2. The molecule has 3 heteroatoms. The summed E-state index contributed by atoms with van der Waals surface area (Å²) in [7, 11) is 0. The molecular formula is C13H18O3. The molecule has 1 aromatic rings. The van der Waals surface area contributed by atoms with Gasteiger partial charge in [0.1, 0.15) is 5.75 Å². The van der Waals surface area contributed by atoms with Crippen LogP contribution >= 0.6 is 0 Å². The van der Waals surface area contributed by atoms with Gasteiger partial charge in [-0.2, -0.15) is 0 Å². The lowest BCUT2D eigenvalue weighted by molar-refractivity contribution is 0.175. The minimum atomic E-state index is -0.442. The number of rotatable bonds is 4. The lowest BCUT2D eigenvalue weighted by atomic mass is 10.0. The second-order valence-corrected chi connectivity index (χ2v) is 4.18. The third-order valence-corrected chi connectivity index (χ3v) is 3.04. The van der Waals surface area contributed by atoms with E-state index >= 15 is 0 Å². The first-order chi connectivity index (χ1) is 7.77. The number of aliphatic hydroxyl groups excluding tert-OH is 2. The molecule has 0 saturated heterocycles. The van der Waals surface area contributed by atoms with E-state index in [0.717, 1.165) is 41.7 Å². The minimum absolute atomic E-state index is 0.0204. The molecule has 0 aliphatic heterocycles. The van der Waals surface area contributed by atoms with Crippen molar-refractivity contribution in [2.24, 2.45) is 0 Å². The van der Waals surface area contributed by atoms with E-state index in [1.807, 2.05) is 12.1 Å². The summed E-state index contributed by atoms with van der Waals surface area (Å²) in [5.74, 6) is 0.866. The standard InChI is InChI=1S/C13H18O3/c1-2-7-16-12-6-3-9(8-14)13-10(12)4-5-11(13)15/h3,6,11,14-15H,2,4-5,7-8H2,1H3. The summed E-state index contributed by atoms with van der Waals surface area (Å²) in [5, 5.41) is 19.1. The van der Waals surface area contributed by atoms with Crippen molar-refractivity contribution in [3.05, 3.63) is 28.8 Å². The first-order valence-electron chi connectivity index (χ1n) is 5.84. The molecule has 16 heavy (non-hydrogen) atoms. The fraction of sp³-hybridized carbons (Fsp3) is 0.538. The molecule has 0 saturated carbocycles. The maximum Gasteiger partial charge on any atom is 0.122 e. The molecule has 1 aromatic carbocycles. The predicted octanol–water partition coefficient (Wildman–Crippen LogP) is 1.95. The molecule has 88 valence electrons. The maximum absolute atomic E-state index is 9.88. The lowest BCUT2D eigenvalue weighted by Crippen LogP contribution is -2.02. The Morgan fingerprint density at radius 1 is 1.44 bits per heavy atom. The van der Waals surface area contributed by atoms with E-state index in [-0.39, 0.29) is 6.61 Å². The largest absolute Gasteiger partial charge is 0.493 e. The third kappa shape index (κ3) is 1.93. The molecule has 0 aromatic heterocycles. The van der Waals surface area contributed by atoms with Crippen LogP contribution in [0.3, 0.4) is 0 Å². The lowest BCUT2D eigenvalue weighted by Gasteiger charge is -2.14. The molecule has 2 N–H and O–H groups in total. The topological polar surface area (TPSA) is 49.7 Å². The Hall–Kier alpha value is -1.06. The van der Waals surface area contributed by atoms with Gasteiger partial charge in [0.25, 0.3) is 0 Å². The van der Waals surface area contributed by atoms with Crippen molar-refractivity contribution >= 4 is 0 Å². The fourth-order valence-electron chi connectivity index (χ4n) is 2.28. The number of ether oxygens (including phenoxy) is 1. The van der Waals surface area contributed by atoms with Crippen LogP contribution in [-0.4, -0.2) is 16.8 Å². The van der Waals surface area contributed by atoms with Crippen molar-refractivity contribution in [1.82, 2.24) is 0 Å². The van der Waals surface area contributed by atoms with Gasteiger partial charge < -0.3 is 14.9 Å². The molecule has 1 unspecified atom stereocenters. The number of benzene rings is 1. The Kier molecular flexibility index (Phi) is 3.46. The van der Waals surface area contributed by atoms with E-state index < -0.39 is 6.10 Å². The van der Waals surface area contributed by atoms with E-state index in [1.54, 1.807) is 0 Å². The van der Waals surface area contributed by atoms with Crippen LogP contribution in [0.4, 0.5) is 0 Å². The summed E-state index contributed by atoms with van der Waals surface area (Å²) in [6.07, 6.45) is 2.10. The zero-order valence-electron chi connectivity index (χ0n) is 9.57. The van der Waals surface area contributed by atoms with Crippen LogP contribution in [0.15, 0.2) is 12.1 Å². The van der Waals surface area contributed by atoms with Gasteiger partial charge in [0.2, 0.25) is 0 Å². The van der Waals surface area contributed by atoms with Crippen molar-refractivity contribution in [3.8, 4) is 5.75 Å². The summed E-state index contributed by atoms with van der Waals surface area (Å²) in [6.45, 7) is 2.74. The fourth-order valence-corrected chi connectivity index (χ4v) is 2.28. The van der Waals surface area contributed by atoms with Gasteiger partial charge in [-0.05, 0) is 36.5 Å². The Bertz CT molecular complexity index is 374. The SMILES string of the molecule is CCCOc1ccc(CO)c2c1CCC2O. The predicted molar refractivity (Wildman–Crippen MR) is 61.4 cm³/mol. The summed E-state index contributed by atoms with van der Waals surface area (Å²) in [4.78, 5) is 0. The average molecular weight is 222 g/mol. The molecule has 0 fully saturated rings. The van der Waals surface area contributed by atoms with Crippen LogP contribution in [0, 0.1) is 0 Å². The van der Waals surface area contributed by atoms with Crippen molar-refractivity contribution in [2.45, 2.75) is 38.9 Å². The zero-order valence-corrected chi connectivity index (χ0v) is 9.57. The van der Waals surface area contributed by atoms with E-state index in [4.69, 9.17) is 4.74 Å². The van der Waals surface area contributed by atoms with Gasteiger partial charge in [-0.3, -0.25) is 0 Å². The first kappa shape index (κ1) is 11.4. The molecule has 0 heterocycles. The molecule has 0 radical (unpaired) electrons. The Labute approximate surface area is 95.7 Å². The van der Waals surface area contributed by atoms with Crippen LogP contribution in [0.1, 0.15) is 42.6 Å². The number of fused-ring (bicyclic) bond motifs is 1. The number of aliphatic hydroxyl groups is 2. The molecule has 1 aliphatic rings.